The lowest BCUT2D eigenvalue weighted by atomic mass is 10.0. The average Bonchev–Trinajstić information content (AvgIpc) is 3.46. The standard InChI is InChI=1S/C57H82N16O7/c1-38(64-54(77)47(22-10-14-34-60)67-57(80)49(68-53(76)45(62)20-8-12-32-58)36-39-24-28-43(29-25-39)72-70-41-16-4-2-5-17-41)52(75)66-48(23-11-15-35-61)55(78)69-50(56(79)65-46(51(63)74)21-9-13-33-59)37-40-26-30-44(31-27-40)73-71-42-18-6-3-7-19-42/h2-7,16-19,24-31,38,45-50H,8-15,20-23,32-37,58-62H2,1H3,(H2,63,74)(H,64,77)(H,65,79)(H,66,75)(H,67,80)(H,68,76)(H,69,78)/t38-,45-,46-,47-,48-,49-,50-/m0/s1. The molecule has 23 nitrogen and oxygen atoms in total. The number of primary amides is 1. The minimum Gasteiger partial charge on any atom is -0.368 e. The molecule has 0 spiro atoms. The maximum atomic E-state index is 14.3. The molecule has 0 radical (unpaired) electrons. The smallest absolute Gasteiger partial charge is 0.243 e. The summed E-state index contributed by atoms with van der Waals surface area (Å²) in [4.78, 5) is 96.8. The predicted octanol–water partition coefficient (Wildman–Crippen LogP) is 3.56. The lowest BCUT2D eigenvalue weighted by molar-refractivity contribution is -0.135. The van der Waals surface area contributed by atoms with Crippen LogP contribution in [0.15, 0.2) is 130 Å². The summed E-state index contributed by atoms with van der Waals surface area (Å²) in [6.45, 7) is 2.85. The van der Waals surface area contributed by atoms with Crippen molar-refractivity contribution in [3.8, 4) is 0 Å². The van der Waals surface area contributed by atoms with Gasteiger partial charge in [0, 0.05) is 12.8 Å². The van der Waals surface area contributed by atoms with Crippen LogP contribution in [0, 0.1) is 0 Å². The first-order chi connectivity index (χ1) is 38.6. The summed E-state index contributed by atoms with van der Waals surface area (Å²) in [6, 6.07) is 24.1. The van der Waals surface area contributed by atoms with Crippen molar-refractivity contribution in [3.05, 3.63) is 120 Å². The summed E-state index contributed by atoms with van der Waals surface area (Å²) in [5.41, 5.74) is 38.6. The fourth-order valence-corrected chi connectivity index (χ4v) is 8.22. The van der Waals surface area contributed by atoms with Gasteiger partial charge in [-0.3, -0.25) is 33.6 Å². The van der Waals surface area contributed by atoms with E-state index in [2.05, 4.69) is 52.4 Å². The van der Waals surface area contributed by atoms with E-state index in [0.29, 0.717) is 118 Å². The third kappa shape index (κ3) is 24.0. The van der Waals surface area contributed by atoms with Gasteiger partial charge in [-0.2, -0.15) is 20.5 Å². The van der Waals surface area contributed by atoms with Crippen LogP contribution in [0.5, 0.6) is 0 Å². The number of nitrogens with one attached hydrogen (secondary N) is 6. The number of hydrogen-bond donors (Lipinski definition) is 12. The number of unbranched alkanes of at least 4 members (excludes halogenated alkanes) is 4. The van der Waals surface area contributed by atoms with Crippen LogP contribution in [0.25, 0.3) is 0 Å². The lowest BCUT2D eigenvalue weighted by Gasteiger charge is -2.27. The van der Waals surface area contributed by atoms with Crippen molar-refractivity contribution in [2.24, 2.45) is 54.9 Å². The van der Waals surface area contributed by atoms with Gasteiger partial charge in [0.1, 0.15) is 36.3 Å². The molecule has 4 aromatic carbocycles. The van der Waals surface area contributed by atoms with Gasteiger partial charge in [-0.25, -0.2) is 0 Å². The first-order valence-electron chi connectivity index (χ1n) is 27.4. The van der Waals surface area contributed by atoms with Crippen molar-refractivity contribution in [3.63, 3.8) is 0 Å². The Morgan fingerprint density at radius 2 is 0.688 bits per heavy atom. The van der Waals surface area contributed by atoms with Crippen LogP contribution >= 0.6 is 0 Å². The van der Waals surface area contributed by atoms with Gasteiger partial charge >= 0.3 is 0 Å². The summed E-state index contributed by atoms with van der Waals surface area (Å²) < 4.78 is 0. The van der Waals surface area contributed by atoms with E-state index in [1.165, 1.54) is 6.92 Å². The Bertz CT molecular complexity index is 2590. The molecule has 23 heteroatoms. The molecule has 18 N–H and O–H groups in total. The SMILES string of the molecule is C[C@H](NC(=O)[C@H](CCCCN)NC(=O)[C@H](Cc1ccc(N=Nc2ccccc2)cc1)NC(=O)[C@@H](N)CCCCN)C(=O)N[C@@H](CCCCN)C(=O)N[C@@H](Cc1ccc(N=Nc2ccccc2)cc1)C(=O)N[C@@H](CCCCN)C(N)=O. The molecule has 80 heavy (non-hydrogen) atoms. The fraction of sp³-hybridized carbons (Fsp3) is 0.456. The van der Waals surface area contributed by atoms with Crippen molar-refractivity contribution >= 4 is 64.1 Å². The highest BCUT2D eigenvalue weighted by Crippen LogP contribution is 2.21. The Hall–Kier alpha value is -7.83. The molecule has 0 saturated heterocycles. The number of azo groups is 2. The molecular formula is C57H82N16O7. The molecule has 7 atom stereocenters. The van der Waals surface area contributed by atoms with E-state index >= 15 is 0 Å². The fourth-order valence-electron chi connectivity index (χ4n) is 8.22. The van der Waals surface area contributed by atoms with Gasteiger partial charge in [-0.1, -0.05) is 67.1 Å². The molecule has 4 rings (SSSR count). The number of carbonyl (C=O) groups is 7. The van der Waals surface area contributed by atoms with Gasteiger partial charge in [0.05, 0.1) is 28.8 Å². The Morgan fingerprint density at radius 1 is 0.375 bits per heavy atom. The predicted molar refractivity (Wildman–Crippen MR) is 308 cm³/mol. The molecule has 0 unspecified atom stereocenters. The van der Waals surface area contributed by atoms with Crippen LogP contribution in [0.2, 0.25) is 0 Å². The summed E-state index contributed by atoms with van der Waals surface area (Å²) in [5.74, 6) is -4.86. The Balaban J connectivity index is 1.53. The van der Waals surface area contributed by atoms with Crippen LogP contribution in [0.4, 0.5) is 22.7 Å². The zero-order valence-corrected chi connectivity index (χ0v) is 45.8. The molecule has 0 saturated carbocycles. The van der Waals surface area contributed by atoms with E-state index < -0.39 is 83.6 Å². The van der Waals surface area contributed by atoms with Gasteiger partial charge in [0.25, 0.3) is 0 Å². The van der Waals surface area contributed by atoms with E-state index in [1.54, 1.807) is 48.5 Å². The average molecular weight is 1100 g/mol. The van der Waals surface area contributed by atoms with Gasteiger partial charge in [-0.15, -0.1) is 0 Å². The number of hydrogen-bond acceptors (Lipinski definition) is 16. The number of amides is 7. The largest absolute Gasteiger partial charge is 0.368 e. The minimum absolute atomic E-state index is 0.0179. The van der Waals surface area contributed by atoms with Gasteiger partial charge < -0.3 is 66.3 Å². The quantitative estimate of drug-likeness (QED) is 0.0228. The van der Waals surface area contributed by atoms with Crippen molar-refractivity contribution in [1.82, 2.24) is 31.9 Å². The third-order valence-corrected chi connectivity index (χ3v) is 12.9. The Kier molecular flexibility index (Phi) is 29.4. The molecule has 7 amide bonds. The molecule has 4 aromatic rings. The topological polar surface area (TPSA) is 397 Å². The lowest BCUT2D eigenvalue weighted by Crippen LogP contribution is -2.59. The number of nitrogens with zero attached hydrogens (tertiary/aromatic N) is 4. The van der Waals surface area contributed by atoms with Crippen molar-refractivity contribution in [2.75, 3.05) is 26.2 Å². The molecule has 0 aliphatic heterocycles. The Morgan fingerprint density at radius 3 is 1.09 bits per heavy atom. The molecule has 0 aromatic heterocycles. The molecule has 432 valence electrons. The molecule has 0 aliphatic carbocycles. The summed E-state index contributed by atoms with van der Waals surface area (Å²) in [6.07, 6.45) is 4.99. The first-order valence-corrected chi connectivity index (χ1v) is 27.4. The number of carbonyl (C=O) groups excluding carboxylic acids is 7. The number of benzene rings is 4. The van der Waals surface area contributed by atoms with E-state index in [-0.39, 0.29) is 32.1 Å². The van der Waals surface area contributed by atoms with E-state index in [1.807, 2.05) is 60.7 Å². The van der Waals surface area contributed by atoms with Crippen LogP contribution in [0.1, 0.15) is 95.1 Å². The monoisotopic (exact) mass is 1100 g/mol. The maximum Gasteiger partial charge on any atom is 0.243 e. The van der Waals surface area contributed by atoms with Gasteiger partial charge in [0.15, 0.2) is 0 Å². The molecule has 0 fully saturated rings. The van der Waals surface area contributed by atoms with E-state index in [0.717, 1.165) is 0 Å². The van der Waals surface area contributed by atoms with Gasteiger partial charge in [0.2, 0.25) is 41.4 Å². The normalized spacial score (nSPS) is 14.0. The van der Waals surface area contributed by atoms with E-state index in [9.17, 15) is 33.6 Å². The van der Waals surface area contributed by atoms with Crippen LogP contribution < -0.4 is 66.3 Å². The minimum atomic E-state index is -1.25. The van der Waals surface area contributed by atoms with Crippen LogP contribution in [-0.2, 0) is 46.4 Å². The second kappa shape index (κ2) is 36.4. The van der Waals surface area contributed by atoms with Gasteiger partial charge in [-0.05, 0) is 163 Å². The number of rotatable bonds is 37. The highest BCUT2D eigenvalue weighted by atomic mass is 16.2. The third-order valence-electron chi connectivity index (χ3n) is 12.9. The van der Waals surface area contributed by atoms with Crippen molar-refractivity contribution < 1.29 is 33.6 Å². The second-order valence-electron chi connectivity index (χ2n) is 19.5. The highest BCUT2D eigenvalue weighted by Gasteiger charge is 2.33. The molecule has 0 bridgehead atoms. The van der Waals surface area contributed by atoms with Crippen molar-refractivity contribution in [1.29, 1.82) is 0 Å². The van der Waals surface area contributed by atoms with E-state index in [4.69, 9.17) is 34.4 Å². The number of nitrogens with two attached hydrogens (primary N) is 6. The first kappa shape index (κ1) is 64.7. The Labute approximate surface area is 468 Å². The zero-order chi connectivity index (χ0) is 58.1. The highest BCUT2D eigenvalue weighted by molar-refractivity contribution is 5.97. The molecule has 0 heterocycles. The summed E-state index contributed by atoms with van der Waals surface area (Å²) >= 11 is 0. The summed E-state index contributed by atoms with van der Waals surface area (Å²) in [5, 5.41) is 33.5. The zero-order valence-electron chi connectivity index (χ0n) is 45.8. The van der Waals surface area contributed by atoms with Crippen LogP contribution in [-0.4, -0.2) is 110 Å². The summed E-state index contributed by atoms with van der Waals surface area (Å²) in [7, 11) is 0. The molecular weight excluding hydrogens is 1020 g/mol. The molecule has 0 aliphatic rings. The second-order valence-corrected chi connectivity index (χ2v) is 19.5. The van der Waals surface area contributed by atoms with Crippen LogP contribution in [0.3, 0.4) is 0 Å². The van der Waals surface area contributed by atoms with Crippen molar-refractivity contribution in [2.45, 2.75) is 139 Å². The maximum absolute atomic E-state index is 14.3.